The van der Waals surface area contributed by atoms with E-state index in [4.69, 9.17) is 5.26 Å². The summed E-state index contributed by atoms with van der Waals surface area (Å²) in [6.45, 7) is 1.63. The zero-order valence-corrected chi connectivity index (χ0v) is 12.3. The van der Waals surface area contributed by atoms with Gasteiger partial charge in [-0.25, -0.2) is 14.7 Å². The number of amides is 3. The minimum Gasteiger partial charge on any atom is -0.326 e. The SMILES string of the molecule is CSC(=Nc1cccc(N2C(=O)NC(C)C2=O)c1)NC#N. The molecule has 1 aromatic carbocycles. The molecule has 0 bridgehead atoms. The first-order valence-electron chi connectivity index (χ1n) is 6.09. The van der Waals surface area contributed by atoms with Gasteiger partial charge in [0.15, 0.2) is 11.4 Å². The summed E-state index contributed by atoms with van der Waals surface area (Å²) in [4.78, 5) is 29.1. The lowest BCUT2D eigenvalue weighted by Crippen LogP contribution is -2.30. The molecule has 1 fully saturated rings. The molecule has 0 aromatic heterocycles. The second kappa shape index (κ2) is 6.28. The number of nitrogens with zero attached hydrogens (tertiary/aromatic N) is 3. The molecule has 1 saturated heterocycles. The molecule has 0 spiro atoms. The average Bonchev–Trinajstić information content (AvgIpc) is 2.72. The number of carbonyl (C=O) groups is 2. The largest absolute Gasteiger partial charge is 0.329 e. The summed E-state index contributed by atoms with van der Waals surface area (Å²) in [5.41, 5.74) is 0.986. The van der Waals surface area contributed by atoms with Crippen molar-refractivity contribution in [3.05, 3.63) is 24.3 Å². The van der Waals surface area contributed by atoms with Crippen molar-refractivity contribution in [3.63, 3.8) is 0 Å². The maximum absolute atomic E-state index is 12.0. The highest BCUT2D eigenvalue weighted by molar-refractivity contribution is 8.13. The zero-order valence-electron chi connectivity index (χ0n) is 11.5. The third kappa shape index (κ3) is 3.14. The molecule has 2 rings (SSSR count). The van der Waals surface area contributed by atoms with E-state index in [0.29, 0.717) is 16.5 Å². The fourth-order valence-electron chi connectivity index (χ4n) is 1.84. The van der Waals surface area contributed by atoms with E-state index in [9.17, 15) is 9.59 Å². The zero-order chi connectivity index (χ0) is 15.4. The minimum atomic E-state index is -0.535. The molecule has 1 atom stereocenters. The molecular formula is C13H13N5O2S. The smallest absolute Gasteiger partial charge is 0.326 e. The van der Waals surface area contributed by atoms with Gasteiger partial charge in [-0.05, 0) is 31.4 Å². The van der Waals surface area contributed by atoms with Crippen molar-refractivity contribution in [1.29, 1.82) is 5.26 Å². The van der Waals surface area contributed by atoms with Crippen molar-refractivity contribution in [2.75, 3.05) is 11.2 Å². The van der Waals surface area contributed by atoms with Gasteiger partial charge in [-0.2, -0.15) is 5.26 Å². The van der Waals surface area contributed by atoms with E-state index in [1.165, 1.54) is 11.8 Å². The standard InChI is InChI=1S/C13H13N5O2S/c1-8-11(19)18(13(20)16-8)10-5-3-4-9(6-10)17-12(21-2)15-7-14/h3-6,8H,1-2H3,(H,15,17)(H,16,20). The Morgan fingerprint density at radius 1 is 1.52 bits per heavy atom. The number of benzene rings is 1. The number of amidine groups is 1. The number of hydrogen-bond donors (Lipinski definition) is 2. The number of rotatable bonds is 2. The van der Waals surface area contributed by atoms with Crippen LogP contribution >= 0.6 is 11.8 Å². The van der Waals surface area contributed by atoms with Gasteiger partial charge in [0.05, 0.1) is 11.4 Å². The summed E-state index contributed by atoms with van der Waals surface area (Å²) >= 11 is 1.29. The van der Waals surface area contributed by atoms with Gasteiger partial charge in [-0.1, -0.05) is 17.8 Å². The minimum absolute atomic E-state index is 0.304. The Kier molecular flexibility index (Phi) is 4.45. The summed E-state index contributed by atoms with van der Waals surface area (Å²) in [5.74, 6) is -0.304. The van der Waals surface area contributed by atoms with E-state index in [2.05, 4.69) is 15.6 Å². The number of aliphatic imine (C=N–C) groups is 1. The van der Waals surface area contributed by atoms with Crippen LogP contribution in [0, 0.1) is 11.5 Å². The van der Waals surface area contributed by atoms with Gasteiger partial charge in [0.1, 0.15) is 6.04 Å². The van der Waals surface area contributed by atoms with Crippen LogP contribution in [0.4, 0.5) is 16.2 Å². The van der Waals surface area contributed by atoms with E-state index in [1.807, 2.05) is 0 Å². The molecule has 3 amide bonds. The first-order chi connectivity index (χ1) is 10.1. The Bertz CT molecular complexity index is 652. The van der Waals surface area contributed by atoms with Crippen molar-refractivity contribution in [2.24, 2.45) is 4.99 Å². The molecule has 1 unspecified atom stereocenters. The fraction of sp³-hybridized carbons (Fsp3) is 0.231. The molecule has 1 aromatic rings. The van der Waals surface area contributed by atoms with Gasteiger partial charge >= 0.3 is 6.03 Å². The lowest BCUT2D eigenvalue weighted by Gasteiger charge is -2.13. The quantitative estimate of drug-likeness (QED) is 0.284. The number of imide groups is 1. The van der Waals surface area contributed by atoms with Gasteiger partial charge in [-0.15, -0.1) is 0 Å². The second-order valence-electron chi connectivity index (χ2n) is 4.22. The van der Waals surface area contributed by atoms with Gasteiger partial charge in [0.2, 0.25) is 0 Å². The number of urea groups is 1. The molecule has 108 valence electrons. The molecular weight excluding hydrogens is 290 g/mol. The normalized spacial score (nSPS) is 18.4. The van der Waals surface area contributed by atoms with Crippen molar-refractivity contribution in [3.8, 4) is 6.19 Å². The van der Waals surface area contributed by atoms with E-state index in [1.54, 1.807) is 43.6 Å². The number of carbonyl (C=O) groups excluding carboxylic acids is 2. The molecule has 8 heteroatoms. The monoisotopic (exact) mass is 303 g/mol. The number of hydrogen-bond acceptors (Lipinski definition) is 5. The lowest BCUT2D eigenvalue weighted by molar-refractivity contribution is -0.117. The molecule has 2 N–H and O–H groups in total. The molecule has 0 saturated carbocycles. The Morgan fingerprint density at radius 2 is 2.29 bits per heavy atom. The Hall–Kier alpha value is -2.53. The molecule has 1 heterocycles. The number of nitriles is 1. The van der Waals surface area contributed by atoms with Crippen LogP contribution in [0.3, 0.4) is 0 Å². The Labute approximate surface area is 126 Å². The predicted molar refractivity (Wildman–Crippen MR) is 81.3 cm³/mol. The van der Waals surface area contributed by atoms with Gasteiger partial charge < -0.3 is 5.32 Å². The molecule has 0 aliphatic carbocycles. The van der Waals surface area contributed by atoms with E-state index >= 15 is 0 Å². The van der Waals surface area contributed by atoms with Crippen LogP contribution < -0.4 is 15.5 Å². The van der Waals surface area contributed by atoms with E-state index < -0.39 is 12.1 Å². The van der Waals surface area contributed by atoms with Crippen molar-refractivity contribution >= 4 is 40.2 Å². The Morgan fingerprint density at radius 3 is 2.86 bits per heavy atom. The van der Waals surface area contributed by atoms with Gasteiger partial charge in [-0.3, -0.25) is 10.1 Å². The first-order valence-corrected chi connectivity index (χ1v) is 7.31. The van der Waals surface area contributed by atoms with Crippen molar-refractivity contribution in [1.82, 2.24) is 10.6 Å². The van der Waals surface area contributed by atoms with Crippen LogP contribution in [-0.2, 0) is 4.79 Å². The van der Waals surface area contributed by atoms with Crippen LogP contribution in [0.2, 0.25) is 0 Å². The highest BCUT2D eigenvalue weighted by Crippen LogP contribution is 2.25. The fourth-order valence-corrected chi connectivity index (χ4v) is 2.19. The molecule has 0 radical (unpaired) electrons. The summed E-state index contributed by atoms with van der Waals surface area (Å²) in [6.07, 6.45) is 3.58. The lowest BCUT2D eigenvalue weighted by atomic mass is 10.2. The van der Waals surface area contributed by atoms with Crippen molar-refractivity contribution < 1.29 is 9.59 Å². The number of nitrogens with one attached hydrogen (secondary N) is 2. The van der Waals surface area contributed by atoms with Crippen LogP contribution in [-0.4, -0.2) is 29.4 Å². The highest BCUT2D eigenvalue weighted by atomic mass is 32.2. The predicted octanol–water partition coefficient (Wildman–Crippen LogP) is 1.55. The maximum Gasteiger partial charge on any atom is 0.329 e. The molecule has 21 heavy (non-hydrogen) atoms. The average molecular weight is 303 g/mol. The van der Waals surface area contributed by atoms with E-state index in [0.717, 1.165) is 4.90 Å². The number of anilines is 1. The van der Waals surface area contributed by atoms with Gasteiger partial charge in [0, 0.05) is 0 Å². The first kappa shape index (κ1) is 14.9. The summed E-state index contributed by atoms with van der Waals surface area (Å²) < 4.78 is 0. The maximum atomic E-state index is 12.0. The molecule has 7 nitrogen and oxygen atoms in total. The van der Waals surface area contributed by atoms with Crippen LogP contribution in [0.1, 0.15) is 6.92 Å². The summed E-state index contributed by atoms with van der Waals surface area (Å²) in [6, 6.07) is 5.71. The van der Waals surface area contributed by atoms with Crippen LogP contribution in [0.15, 0.2) is 29.3 Å². The van der Waals surface area contributed by atoms with E-state index in [-0.39, 0.29) is 5.91 Å². The summed E-state index contributed by atoms with van der Waals surface area (Å²) in [7, 11) is 0. The third-order valence-corrected chi connectivity index (χ3v) is 3.39. The highest BCUT2D eigenvalue weighted by Gasteiger charge is 2.36. The van der Waals surface area contributed by atoms with Crippen LogP contribution in [0.25, 0.3) is 0 Å². The van der Waals surface area contributed by atoms with Crippen molar-refractivity contribution in [2.45, 2.75) is 13.0 Å². The number of thioether (sulfide) groups is 1. The Balaban J connectivity index is 2.32. The topological polar surface area (TPSA) is 97.6 Å². The molecule has 1 aliphatic heterocycles. The second-order valence-corrected chi connectivity index (χ2v) is 5.02. The third-order valence-electron chi connectivity index (χ3n) is 2.81. The van der Waals surface area contributed by atoms with Crippen LogP contribution in [0.5, 0.6) is 0 Å². The summed E-state index contributed by atoms with van der Waals surface area (Å²) in [5, 5.41) is 14.0. The van der Waals surface area contributed by atoms with Gasteiger partial charge in [0.25, 0.3) is 5.91 Å². The molecule has 1 aliphatic rings.